The van der Waals surface area contributed by atoms with E-state index < -0.39 is 0 Å². The van der Waals surface area contributed by atoms with Crippen LogP contribution in [0.4, 0.5) is 23.8 Å². The minimum absolute atomic E-state index is 0.0349. The maximum atomic E-state index is 12.2. The van der Waals surface area contributed by atoms with Crippen molar-refractivity contribution in [2.24, 2.45) is 0 Å². The van der Waals surface area contributed by atoms with Crippen LogP contribution in [-0.2, 0) is 28.2 Å². The first kappa shape index (κ1) is 91.1. The quantitative estimate of drug-likeness (QED) is 0.0261. The Labute approximate surface area is 739 Å². The number of fused-ring (bicyclic) bond motifs is 4. The molecule has 16 rings (SSSR count). The Hall–Kier alpha value is -12.6. The van der Waals surface area contributed by atoms with Crippen molar-refractivity contribution in [3.63, 3.8) is 0 Å². The van der Waals surface area contributed by atoms with Gasteiger partial charge in [0.25, 0.3) is 22.2 Å². The van der Waals surface area contributed by atoms with Crippen molar-refractivity contribution in [1.82, 2.24) is 88.1 Å². The second kappa shape index (κ2) is 40.1. The number of likely N-dealkylation sites (tertiary alicyclic amines) is 1. The fraction of sp³-hybridized carbons (Fsp3) is 0.406. The molecule has 0 bridgehead atoms. The van der Waals surface area contributed by atoms with E-state index in [1.165, 1.54) is 97.9 Å². The van der Waals surface area contributed by atoms with Gasteiger partial charge in [0.05, 0.1) is 24.8 Å². The van der Waals surface area contributed by atoms with Gasteiger partial charge in [-0.05, 0) is 145 Å². The first-order valence-electron chi connectivity index (χ1n) is 43.5. The smallest absolute Gasteiger partial charge is 0.266 e. The summed E-state index contributed by atoms with van der Waals surface area (Å²) in [4.78, 5) is 91.9. The number of hydrogen-bond donors (Lipinski definition) is 8. The Kier molecular flexibility index (Phi) is 29.0. The van der Waals surface area contributed by atoms with Crippen molar-refractivity contribution >= 4 is 58.0 Å². The number of aryl methyl sites for hydroxylation is 1. The van der Waals surface area contributed by atoms with Crippen molar-refractivity contribution in [2.75, 3.05) is 93.5 Å². The van der Waals surface area contributed by atoms with Crippen LogP contribution in [0.25, 0.3) is 68.1 Å². The van der Waals surface area contributed by atoms with E-state index in [1.807, 2.05) is 66.4 Å². The largest absolute Gasteiger partial charge is 0.494 e. The normalized spacial score (nSPS) is 13.5. The summed E-state index contributed by atoms with van der Waals surface area (Å²) in [6.45, 7) is 35.6. The molecule has 660 valence electrons. The maximum absolute atomic E-state index is 12.2. The molecule has 1 aliphatic carbocycles. The lowest BCUT2D eigenvalue weighted by atomic mass is 9.86. The van der Waals surface area contributed by atoms with Crippen LogP contribution in [0.3, 0.4) is 0 Å². The number of halogens is 1. The van der Waals surface area contributed by atoms with Gasteiger partial charge in [0.2, 0.25) is 23.8 Å². The molecule has 1 saturated carbocycles. The van der Waals surface area contributed by atoms with Crippen molar-refractivity contribution in [2.45, 2.75) is 182 Å². The lowest BCUT2D eigenvalue weighted by Gasteiger charge is -2.31. The van der Waals surface area contributed by atoms with Crippen LogP contribution >= 0.6 is 11.6 Å². The molecule has 0 radical (unpaired) electrons. The SMILES string of the molecule is CC(C)(C)c1ccc(-c2nc(NCCN3CCCCC3)n3[nH]c(=O)cc3n2)cc1.CC(C)(C)c1ccc(-c2nc(NCc3ccc(C#N)cc3)n3[nH]c(=O)cc3n2)cc1.CN(CCNc1nc(-c2ccc(C(C)(C)C)cc2)nc2cc(=O)[nH]n12)C1CCCCC1.Cc1cc(OCCCN(CCO)c2nc(-c3ccc(C(C)(C)C)cc3)nc3cc(=O)[nH]n23)ccc1Cl. The summed E-state index contributed by atoms with van der Waals surface area (Å²) in [6.07, 6.45) is 11.2. The number of aliphatic hydroxyl groups is 1. The Morgan fingerprint density at radius 2 is 0.873 bits per heavy atom. The number of anilines is 4. The molecule has 0 amide bonds. The molecule has 8 N–H and O–H groups in total. The molecular weight excluding hydrogens is 1610 g/mol. The van der Waals surface area contributed by atoms with E-state index in [1.54, 1.807) is 30.2 Å². The number of benzene rings is 6. The van der Waals surface area contributed by atoms with Crippen molar-refractivity contribution in [3.05, 3.63) is 249 Å². The van der Waals surface area contributed by atoms with Crippen LogP contribution < -0.4 is 47.8 Å². The number of rotatable bonds is 24. The first-order chi connectivity index (χ1) is 60.2. The zero-order valence-electron chi connectivity index (χ0n) is 74.8. The molecule has 1 aliphatic heterocycles. The van der Waals surface area contributed by atoms with Crippen LogP contribution in [0.15, 0.2) is 183 Å². The fourth-order valence-electron chi connectivity index (χ4n) is 15.2. The number of H-pyrrole nitrogens is 4. The molecule has 2 aliphatic rings. The van der Waals surface area contributed by atoms with Gasteiger partial charge in [-0.2, -0.15) is 25.2 Å². The molecule has 0 unspecified atom stereocenters. The van der Waals surface area contributed by atoms with Gasteiger partial charge in [0.15, 0.2) is 45.9 Å². The average molecular weight is 1730 g/mol. The number of aromatic amines is 4. The second-order valence-corrected chi connectivity index (χ2v) is 36.9. The second-order valence-electron chi connectivity index (χ2n) is 36.5. The average Bonchev–Trinajstić information content (AvgIpc) is 1.61. The first-order valence-corrected chi connectivity index (χ1v) is 43.9. The highest BCUT2D eigenvalue weighted by molar-refractivity contribution is 6.31. The van der Waals surface area contributed by atoms with Crippen LogP contribution in [-0.4, -0.2) is 172 Å². The van der Waals surface area contributed by atoms with Gasteiger partial charge < -0.3 is 40.5 Å². The van der Waals surface area contributed by atoms with Crippen molar-refractivity contribution < 1.29 is 9.84 Å². The van der Waals surface area contributed by atoms with Gasteiger partial charge in [0, 0.05) is 103 Å². The summed E-state index contributed by atoms with van der Waals surface area (Å²) in [5.41, 5.74) is 12.6. The highest BCUT2D eigenvalue weighted by atomic mass is 35.5. The zero-order valence-corrected chi connectivity index (χ0v) is 75.6. The van der Waals surface area contributed by atoms with Gasteiger partial charge in [-0.1, -0.05) is 230 Å². The predicted molar refractivity (Wildman–Crippen MR) is 502 cm³/mol. The molecular formula is C96H118ClN23O6. The van der Waals surface area contributed by atoms with Crippen LogP contribution in [0.2, 0.25) is 5.02 Å². The molecule has 1 saturated heterocycles. The molecule has 2 fully saturated rings. The summed E-state index contributed by atoms with van der Waals surface area (Å²) in [5.74, 6) is 5.26. The lowest BCUT2D eigenvalue weighted by molar-refractivity contribution is 0.198. The Bertz CT molecular complexity index is 6300. The molecule has 0 atom stereocenters. The summed E-state index contributed by atoms with van der Waals surface area (Å²) in [6, 6.07) is 54.6. The van der Waals surface area contributed by atoms with Gasteiger partial charge >= 0.3 is 0 Å². The molecule has 9 heterocycles. The fourth-order valence-corrected chi connectivity index (χ4v) is 15.3. The lowest BCUT2D eigenvalue weighted by Crippen LogP contribution is -2.36. The number of piperidine rings is 1. The topological polar surface area (TPSA) is 351 Å². The molecule has 8 aromatic heterocycles. The zero-order chi connectivity index (χ0) is 89.6. The predicted octanol–water partition coefficient (Wildman–Crippen LogP) is 15.8. The van der Waals surface area contributed by atoms with Gasteiger partial charge in [-0.15, -0.1) is 0 Å². The Morgan fingerprint density at radius 1 is 0.476 bits per heavy atom. The van der Waals surface area contributed by atoms with Gasteiger partial charge in [-0.25, -0.2) is 38.0 Å². The van der Waals surface area contributed by atoms with E-state index in [-0.39, 0.29) is 50.5 Å². The Morgan fingerprint density at radius 3 is 1.29 bits per heavy atom. The summed E-state index contributed by atoms with van der Waals surface area (Å²) in [5, 5.41) is 40.5. The monoisotopic (exact) mass is 1720 g/mol. The molecule has 30 heteroatoms. The number of hydrogen-bond acceptors (Lipinski definition) is 21. The number of nitrogens with zero attached hydrogens (tertiary/aromatic N) is 16. The highest BCUT2D eigenvalue weighted by Gasteiger charge is 2.25. The number of aromatic nitrogens is 16. The molecule has 29 nitrogen and oxygen atoms in total. The third-order valence-corrected chi connectivity index (χ3v) is 23.1. The van der Waals surface area contributed by atoms with E-state index in [0.29, 0.717) is 119 Å². The number of nitrogens with one attached hydrogen (secondary N) is 7. The third kappa shape index (κ3) is 23.7. The van der Waals surface area contributed by atoms with Crippen molar-refractivity contribution in [3.8, 4) is 57.4 Å². The number of aliphatic hydroxyl groups excluding tert-OH is 1. The van der Waals surface area contributed by atoms with E-state index in [2.05, 4.69) is 240 Å². The highest BCUT2D eigenvalue weighted by Crippen LogP contribution is 2.32. The van der Waals surface area contributed by atoms with E-state index in [4.69, 9.17) is 36.6 Å². The molecule has 0 spiro atoms. The minimum Gasteiger partial charge on any atom is -0.494 e. The van der Waals surface area contributed by atoms with E-state index in [0.717, 1.165) is 78.4 Å². The van der Waals surface area contributed by atoms with Crippen LogP contribution in [0, 0.1) is 18.3 Å². The van der Waals surface area contributed by atoms with E-state index in [9.17, 15) is 24.3 Å². The standard InChI is InChI=1S/C27H32ClN5O3.C24H34N6O.C23H22N6O.C22H30N6O/c1-18-16-21(10-11-22(18)28)36-15-5-12-32(13-14-34)26-30-25(29-23-17-24(35)31-33(23)26)19-6-8-20(9-7-19)27(2,3)4;1-24(2,3)18-12-10-17(11-13-18)22-26-20-16-21(31)28-30(20)23(27-22)25-14-15-29(4)19-8-6-5-7-9-19;1-23(2,3)18-10-8-17(9-11-18)21-26-19-12-20(30)28-29(19)22(27-21)25-14-16-6-4-15(13-24)5-7-16;1-22(2,3)17-9-7-16(8-10-17)20-24-18-15-19(29)26-28(18)21(25-20)23-11-14-27-12-5-4-6-13-27/h6-11,16-17,34H,5,12-15H2,1-4H3,(H,31,35);10-13,16,19H,5-9,14-15H2,1-4H3,(H,28,31)(H,25,26,27);4-12H,14H2,1-3H3,(H,28,30)(H,25,26,27);7-10,15H,4-6,11-14H2,1-3H3,(H,26,29)(H,23,24,25). The summed E-state index contributed by atoms with van der Waals surface area (Å²) < 4.78 is 12.3. The van der Waals surface area contributed by atoms with Crippen LogP contribution in [0.5, 0.6) is 5.75 Å². The van der Waals surface area contributed by atoms with Crippen LogP contribution in [0.1, 0.15) is 180 Å². The maximum Gasteiger partial charge on any atom is 0.266 e. The van der Waals surface area contributed by atoms with E-state index >= 15 is 0 Å². The number of ether oxygens (including phenoxy) is 1. The van der Waals surface area contributed by atoms with Gasteiger partial charge in [-0.3, -0.25) is 39.6 Å². The summed E-state index contributed by atoms with van der Waals surface area (Å²) >= 11 is 6.09. The Balaban J connectivity index is 0.000000144. The van der Waals surface area contributed by atoms with Crippen molar-refractivity contribution in [1.29, 1.82) is 5.26 Å². The number of likely N-dealkylation sites (N-methyl/N-ethyl adjacent to an activating group) is 1. The summed E-state index contributed by atoms with van der Waals surface area (Å²) in [7, 11) is 2.20. The molecule has 14 aromatic rings. The molecule has 126 heavy (non-hydrogen) atoms. The molecule has 6 aromatic carbocycles. The third-order valence-electron chi connectivity index (χ3n) is 22.7. The van der Waals surface area contributed by atoms with Gasteiger partial charge in [0.1, 0.15) is 5.75 Å². The minimum atomic E-state index is -0.267. The number of nitriles is 1.